The molecule has 2 saturated heterocycles. The van der Waals surface area contributed by atoms with E-state index in [0.29, 0.717) is 23.6 Å². The van der Waals surface area contributed by atoms with E-state index >= 15 is 0 Å². The van der Waals surface area contributed by atoms with Crippen molar-refractivity contribution in [3.63, 3.8) is 0 Å². The third-order valence-corrected chi connectivity index (χ3v) is 7.26. The fourth-order valence-electron chi connectivity index (χ4n) is 5.46. The predicted molar refractivity (Wildman–Crippen MR) is 126 cm³/mol. The van der Waals surface area contributed by atoms with Gasteiger partial charge in [0, 0.05) is 38.8 Å². The Morgan fingerprint density at radius 1 is 1.12 bits per heavy atom. The molecule has 1 atom stereocenters. The zero-order valence-corrected chi connectivity index (χ0v) is 19.9. The monoisotopic (exact) mass is 444 g/mol. The summed E-state index contributed by atoms with van der Waals surface area (Å²) in [6.07, 6.45) is 10.8. The SMILES string of the molecule is CCCN(C[C@H]1CCCO1)C(=O)c1cc(OC)ccc1OC1CCN(C2CCCC2)CC1. The van der Waals surface area contributed by atoms with E-state index in [-0.39, 0.29) is 18.1 Å². The van der Waals surface area contributed by atoms with Crippen LogP contribution in [0.15, 0.2) is 18.2 Å². The number of piperidine rings is 1. The molecule has 1 amide bonds. The number of ether oxygens (including phenoxy) is 3. The Labute approximate surface area is 193 Å². The Bertz CT molecular complexity index is 735. The minimum absolute atomic E-state index is 0.0136. The Morgan fingerprint density at radius 2 is 1.91 bits per heavy atom. The number of rotatable bonds is 9. The second-order valence-corrected chi connectivity index (χ2v) is 9.54. The maximum Gasteiger partial charge on any atom is 0.257 e. The van der Waals surface area contributed by atoms with Crippen molar-refractivity contribution in [1.82, 2.24) is 9.80 Å². The molecule has 0 bridgehead atoms. The topological polar surface area (TPSA) is 51.2 Å². The molecule has 1 aromatic rings. The number of hydrogen-bond acceptors (Lipinski definition) is 5. The molecular weight excluding hydrogens is 404 g/mol. The van der Waals surface area contributed by atoms with Crippen LogP contribution in [0.4, 0.5) is 0 Å². The first-order valence-corrected chi connectivity index (χ1v) is 12.7. The van der Waals surface area contributed by atoms with E-state index < -0.39 is 0 Å². The third kappa shape index (κ3) is 5.76. The molecule has 3 aliphatic rings. The highest BCUT2D eigenvalue weighted by Gasteiger charge is 2.30. The van der Waals surface area contributed by atoms with E-state index in [4.69, 9.17) is 14.2 Å². The fraction of sp³-hybridized carbons (Fsp3) is 0.731. The normalized spacial score (nSPS) is 22.9. The molecule has 1 aliphatic carbocycles. The average molecular weight is 445 g/mol. The van der Waals surface area contributed by atoms with Crippen molar-refractivity contribution in [2.45, 2.75) is 83.0 Å². The summed E-state index contributed by atoms with van der Waals surface area (Å²) in [4.78, 5) is 18.2. The predicted octanol–water partition coefficient (Wildman–Crippen LogP) is 4.51. The van der Waals surface area contributed by atoms with Crippen LogP contribution in [0.2, 0.25) is 0 Å². The summed E-state index contributed by atoms with van der Waals surface area (Å²) in [6.45, 7) is 6.45. The first-order chi connectivity index (χ1) is 15.7. The second-order valence-electron chi connectivity index (χ2n) is 9.54. The molecule has 4 rings (SSSR count). The molecule has 0 spiro atoms. The van der Waals surface area contributed by atoms with E-state index in [2.05, 4.69) is 11.8 Å². The Kier molecular flexibility index (Phi) is 8.31. The quantitative estimate of drug-likeness (QED) is 0.561. The first-order valence-electron chi connectivity index (χ1n) is 12.7. The molecule has 1 saturated carbocycles. The van der Waals surface area contributed by atoms with Crippen molar-refractivity contribution in [2.75, 3.05) is 39.9 Å². The van der Waals surface area contributed by atoms with Crippen LogP contribution < -0.4 is 9.47 Å². The van der Waals surface area contributed by atoms with Crippen molar-refractivity contribution < 1.29 is 19.0 Å². The number of carbonyl (C=O) groups is 1. The van der Waals surface area contributed by atoms with Gasteiger partial charge >= 0.3 is 0 Å². The lowest BCUT2D eigenvalue weighted by atomic mass is 10.0. The fourth-order valence-corrected chi connectivity index (χ4v) is 5.46. The summed E-state index contributed by atoms with van der Waals surface area (Å²) in [5.41, 5.74) is 0.606. The highest BCUT2D eigenvalue weighted by molar-refractivity contribution is 5.97. The van der Waals surface area contributed by atoms with Gasteiger partial charge in [-0.25, -0.2) is 0 Å². The smallest absolute Gasteiger partial charge is 0.257 e. The van der Waals surface area contributed by atoms with Crippen molar-refractivity contribution in [3.8, 4) is 11.5 Å². The van der Waals surface area contributed by atoms with Crippen LogP contribution in [-0.4, -0.2) is 73.9 Å². The maximum atomic E-state index is 13.6. The van der Waals surface area contributed by atoms with Crippen LogP contribution in [-0.2, 0) is 4.74 Å². The minimum atomic E-state index is 0.0136. The number of carbonyl (C=O) groups excluding carboxylic acids is 1. The minimum Gasteiger partial charge on any atom is -0.497 e. The highest BCUT2D eigenvalue weighted by Crippen LogP contribution is 2.31. The van der Waals surface area contributed by atoms with Crippen LogP contribution in [0, 0.1) is 0 Å². The molecule has 32 heavy (non-hydrogen) atoms. The number of hydrogen-bond donors (Lipinski definition) is 0. The Balaban J connectivity index is 1.44. The van der Waals surface area contributed by atoms with Gasteiger partial charge in [-0.3, -0.25) is 4.79 Å². The van der Waals surface area contributed by atoms with Gasteiger partial charge in [-0.15, -0.1) is 0 Å². The van der Waals surface area contributed by atoms with Crippen molar-refractivity contribution >= 4 is 5.91 Å². The molecule has 0 unspecified atom stereocenters. The van der Waals surface area contributed by atoms with E-state index in [1.807, 2.05) is 23.1 Å². The summed E-state index contributed by atoms with van der Waals surface area (Å²) in [5, 5.41) is 0. The van der Waals surface area contributed by atoms with E-state index in [9.17, 15) is 4.79 Å². The van der Waals surface area contributed by atoms with Gasteiger partial charge in [-0.2, -0.15) is 0 Å². The molecule has 6 heteroatoms. The van der Waals surface area contributed by atoms with Crippen LogP contribution in [0.1, 0.15) is 75.1 Å². The molecule has 178 valence electrons. The molecule has 1 aromatic carbocycles. The molecule has 2 heterocycles. The molecule has 3 fully saturated rings. The number of benzene rings is 1. The Hall–Kier alpha value is -1.79. The van der Waals surface area contributed by atoms with Crippen molar-refractivity contribution in [2.24, 2.45) is 0 Å². The molecule has 0 radical (unpaired) electrons. The molecular formula is C26H40N2O4. The standard InChI is InChI=1S/C26H40N2O4/c1-3-14-28(19-23-9-6-17-31-23)26(29)24-18-22(30-2)10-11-25(24)32-21-12-15-27(16-13-21)20-7-4-5-8-20/h10-11,18,20-21,23H,3-9,12-17,19H2,1-2H3/t23-/m1/s1. The summed E-state index contributed by atoms with van der Waals surface area (Å²) in [6, 6.07) is 6.41. The first kappa shape index (κ1) is 23.4. The van der Waals surface area contributed by atoms with Gasteiger partial charge < -0.3 is 24.0 Å². The average Bonchev–Trinajstić information content (AvgIpc) is 3.54. The van der Waals surface area contributed by atoms with Gasteiger partial charge in [0.15, 0.2) is 0 Å². The lowest BCUT2D eigenvalue weighted by Gasteiger charge is -2.36. The summed E-state index contributed by atoms with van der Waals surface area (Å²) in [5.74, 6) is 1.38. The van der Waals surface area contributed by atoms with E-state index in [0.717, 1.165) is 64.4 Å². The summed E-state index contributed by atoms with van der Waals surface area (Å²) in [7, 11) is 1.64. The second kappa shape index (κ2) is 11.4. The molecule has 6 nitrogen and oxygen atoms in total. The van der Waals surface area contributed by atoms with Gasteiger partial charge in [-0.05, 0) is 63.1 Å². The summed E-state index contributed by atoms with van der Waals surface area (Å²) < 4.78 is 17.7. The zero-order chi connectivity index (χ0) is 22.3. The summed E-state index contributed by atoms with van der Waals surface area (Å²) >= 11 is 0. The maximum absolute atomic E-state index is 13.6. The van der Waals surface area contributed by atoms with Crippen LogP contribution in [0.5, 0.6) is 11.5 Å². The number of nitrogens with zero attached hydrogens (tertiary/aromatic N) is 2. The zero-order valence-electron chi connectivity index (χ0n) is 19.9. The number of methoxy groups -OCH3 is 1. The molecule has 2 aliphatic heterocycles. The molecule has 0 aromatic heterocycles. The Morgan fingerprint density at radius 3 is 2.56 bits per heavy atom. The largest absolute Gasteiger partial charge is 0.497 e. The number of amides is 1. The van der Waals surface area contributed by atoms with Gasteiger partial charge in [0.05, 0.1) is 18.8 Å². The van der Waals surface area contributed by atoms with Crippen LogP contribution in [0.3, 0.4) is 0 Å². The van der Waals surface area contributed by atoms with Gasteiger partial charge in [0.25, 0.3) is 5.91 Å². The van der Waals surface area contributed by atoms with Gasteiger partial charge in [-0.1, -0.05) is 19.8 Å². The number of likely N-dealkylation sites (tertiary alicyclic amines) is 1. The van der Waals surface area contributed by atoms with Gasteiger partial charge in [0.2, 0.25) is 0 Å². The lowest BCUT2D eigenvalue weighted by Crippen LogP contribution is -2.43. The van der Waals surface area contributed by atoms with E-state index in [1.165, 1.54) is 25.7 Å². The van der Waals surface area contributed by atoms with Crippen molar-refractivity contribution in [3.05, 3.63) is 23.8 Å². The molecule has 0 N–H and O–H groups in total. The van der Waals surface area contributed by atoms with Crippen molar-refractivity contribution in [1.29, 1.82) is 0 Å². The van der Waals surface area contributed by atoms with E-state index in [1.54, 1.807) is 7.11 Å². The van der Waals surface area contributed by atoms with Crippen LogP contribution >= 0.6 is 0 Å². The van der Waals surface area contributed by atoms with Crippen LogP contribution in [0.25, 0.3) is 0 Å². The third-order valence-electron chi connectivity index (χ3n) is 7.26. The lowest BCUT2D eigenvalue weighted by molar-refractivity contribution is 0.0511. The highest BCUT2D eigenvalue weighted by atomic mass is 16.5. The van der Waals surface area contributed by atoms with Gasteiger partial charge in [0.1, 0.15) is 17.6 Å².